The lowest BCUT2D eigenvalue weighted by molar-refractivity contribution is 0.0602. The predicted molar refractivity (Wildman–Crippen MR) is 100 cm³/mol. The van der Waals surface area contributed by atoms with E-state index in [1.54, 1.807) is 37.3 Å². The number of benzene rings is 2. The minimum Gasteiger partial charge on any atom is -0.465 e. The maximum Gasteiger partial charge on any atom is 0.339 e. The standard InChI is InChI=1S/C21H18N2O3/c1-14-16(12-13-18(22-14)15-8-4-3-5-9-15)20(24)23-19-11-7-6-10-17(19)21(25)26-2/h3-13H,1-2H3,(H,23,24). The molecule has 1 aromatic heterocycles. The van der Waals surface area contributed by atoms with Gasteiger partial charge in [-0.2, -0.15) is 0 Å². The first-order valence-electron chi connectivity index (χ1n) is 8.12. The number of rotatable bonds is 4. The van der Waals surface area contributed by atoms with Crippen molar-refractivity contribution in [3.63, 3.8) is 0 Å². The van der Waals surface area contributed by atoms with Crippen LogP contribution in [0.2, 0.25) is 0 Å². The normalized spacial score (nSPS) is 10.2. The highest BCUT2D eigenvalue weighted by atomic mass is 16.5. The number of amides is 1. The Morgan fingerprint density at radius 3 is 2.27 bits per heavy atom. The third-order valence-electron chi connectivity index (χ3n) is 3.98. The number of carbonyl (C=O) groups excluding carboxylic acids is 2. The monoisotopic (exact) mass is 346 g/mol. The highest BCUT2D eigenvalue weighted by Crippen LogP contribution is 2.21. The summed E-state index contributed by atoms with van der Waals surface area (Å²) in [6.45, 7) is 1.79. The van der Waals surface area contributed by atoms with Crippen LogP contribution in [0, 0.1) is 6.92 Å². The molecular formula is C21H18N2O3. The molecule has 0 unspecified atom stereocenters. The molecule has 0 radical (unpaired) electrons. The number of esters is 1. The van der Waals surface area contributed by atoms with E-state index in [9.17, 15) is 9.59 Å². The molecule has 0 bridgehead atoms. The van der Waals surface area contributed by atoms with Gasteiger partial charge in [0.2, 0.25) is 0 Å². The summed E-state index contributed by atoms with van der Waals surface area (Å²) in [7, 11) is 1.30. The van der Waals surface area contributed by atoms with E-state index >= 15 is 0 Å². The molecule has 26 heavy (non-hydrogen) atoms. The number of para-hydroxylation sites is 1. The molecule has 0 aliphatic carbocycles. The Labute approximate surface area is 151 Å². The Hall–Kier alpha value is -3.47. The van der Waals surface area contributed by atoms with Gasteiger partial charge in [-0.15, -0.1) is 0 Å². The van der Waals surface area contributed by atoms with E-state index in [1.165, 1.54) is 7.11 Å². The van der Waals surface area contributed by atoms with Gasteiger partial charge in [0, 0.05) is 5.56 Å². The molecule has 5 heteroatoms. The van der Waals surface area contributed by atoms with Crippen molar-refractivity contribution in [1.29, 1.82) is 0 Å². The molecular weight excluding hydrogens is 328 g/mol. The number of nitrogens with zero attached hydrogens (tertiary/aromatic N) is 1. The average Bonchev–Trinajstić information content (AvgIpc) is 2.68. The molecule has 3 rings (SSSR count). The molecule has 1 N–H and O–H groups in total. The highest BCUT2D eigenvalue weighted by molar-refractivity contribution is 6.08. The quantitative estimate of drug-likeness (QED) is 0.722. The van der Waals surface area contributed by atoms with Crippen LogP contribution in [-0.4, -0.2) is 24.0 Å². The number of nitrogens with one attached hydrogen (secondary N) is 1. The number of methoxy groups -OCH3 is 1. The van der Waals surface area contributed by atoms with Crippen LogP contribution in [0.3, 0.4) is 0 Å². The summed E-state index contributed by atoms with van der Waals surface area (Å²) in [5, 5.41) is 2.76. The lowest BCUT2D eigenvalue weighted by Crippen LogP contribution is -2.17. The Morgan fingerprint density at radius 2 is 1.58 bits per heavy atom. The highest BCUT2D eigenvalue weighted by Gasteiger charge is 2.16. The summed E-state index contributed by atoms with van der Waals surface area (Å²) < 4.78 is 4.75. The van der Waals surface area contributed by atoms with Gasteiger partial charge in [-0.25, -0.2) is 4.79 Å². The van der Waals surface area contributed by atoms with E-state index in [4.69, 9.17) is 4.74 Å². The molecule has 0 saturated carbocycles. The molecule has 0 aliphatic rings. The van der Waals surface area contributed by atoms with Crippen molar-refractivity contribution >= 4 is 17.6 Å². The number of ether oxygens (including phenoxy) is 1. The maximum atomic E-state index is 12.6. The smallest absolute Gasteiger partial charge is 0.339 e. The minimum atomic E-state index is -0.504. The van der Waals surface area contributed by atoms with Crippen molar-refractivity contribution in [2.24, 2.45) is 0 Å². The summed E-state index contributed by atoms with van der Waals surface area (Å²) in [5.41, 5.74) is 3.54. The van der Waals surface area contributed by atoms with Gasteiger partial charge >= 0.3 is 5.97 Å². The number of anilines is 1. The first-order chi connectivity index (χ1) is 12.6. The summed E-state index contributed by atoms with van der Waals surface area (Å²) in [4.78, 5) is 29.0. The Kier molecular flexibility index (Phi) is 5.08. The number of carbonyl (C=O) groups is 2. The van der Waals surface area contributed by atoms with E-state index in [2.05, 4.69) is 10.3 Å². The van der Waals surface area contributed by atoms with E-state index in [0.717, 1.165) is 11.3 Å². The Balaban J connectivity index is 1.87. The van der Waals surface area contributed by atoms with Crippen molar-refractivity contribution in [3.8, 4) is 11.3 Å². The summed E-state index contributed by atoms with van der Waals surface area (Å²) in [5.74, 6) is -0.832. The van der Waals surface area contributed by atoms with Crippen molar-refractivity contribution in [3.05, 3.63) is 83.6 Å². The van der Waals surface area contributed by atoms with Crippen LogP contribution in [0.4, 0.5) is 5.69 Å². The second-order valence-electron chi connectivity index (χ2n) is 5.69. The molecule has 0 fully saturated rings. The molecule has 0 spiro atoms. The van der Waals surface area contributed by atoms with Crippen LogP contribution in [0.15, 0.2) is 66.7 Å². The Morgan fingerprint density at radius 1 is 0.885 bits per heavy atom. The van der Waals surface area contributed by atoms with Crippen LogP contribution >= 0.6 is 0 Å². The zero-order valence-corrected chi connectivity index (χ0v) is 14.5. The van der Waals surface area contributed by atoms with Crippen LogP contribution in [0.1, 0.15) is 26.4 Å². The fourth-order valence-corrected chi connectivity index (χ4v) is 2.64. The third kappa shape index (κ3) is 3.62. The van der Waals surface area contributed by atoms with Crippen molar-refractivity contribution in [2.75, 3.05) is 12.4 Å². The van der Waals surface area contributed by atoms with Gasteiger partial charge in [-0.3, -0.25) is 9.78 Å². The van der Waals surface area contributed by atoms with E-state index in [-0.39, 0.29) is 5.91 Å². The lowest BCUT2D eigenvalue weighted by Gasteiger charge is -2.11. The topological polar surface area (TPSA) is 68.3 Å². The molecule has 1 amide bonds. The minimum absolute atomic E-state index is 0.301. The van der Waals surface area contributed by atoms with Gasteiger partial charge in [-0.05, 0) is 31.2 Å². The van der Waals surface area contributed by atoms with Gasteiger partial charge in [-0.1, -0.05) is 42.5 Å². The lowest BCUT2D eigenvalue weighted by atomic mass is 10.1. The maximum absolute atomic E-state index is 12.6. The number of hydrogen-bond acceptors (Lipinski definition) is 4. The molecule has 0 saturated heterocycles. The van der Waals surface area contributed by atoms with E-state index in [1.807, 2.05) is 36.4 Å². The summed E-state index contributed by atoms with van der Waals surface area (Å²) in [6, 6.07) is 20.0. The van der Waals surface area contributed by atoms with E-state index < -0.39 is 5.97 Å². The molecule has 3 aromatic rings. The molecule has 0 aliphatic heterocycles. The summed E-state index contributed by atoms with van der Waals surface area (Å²) >= 11 is 0. The van der Waals surface area contributed by atoms with Crippen molar-refractivity contribution in [1.82, 2.24) is 4.98 Å². The first-order valence-corrected chi connectivity index (χ1v) is 8.12. The SMILES string of the molecule is COC(=O)c1ccccc1NC(=O)c1ccc(-c2ccccc2)nc1C. The van der Waals surface area contributed by atoms with Crippen LogP contribution in [0.5, 0.6) is 0 Å². The number of aromatic nitrogens is 1. The fourth-order valence-electron chi connectivity index (χ4n) is 2.64. The zero-order chi connectivity index (χ0) is 18.5. The van der Waals surface area contributed by atoms with Gasteiger partial charge in [0.25, 0.3) is 5.91 Å². The second kappa shape index (κ2) is 7.61. The second-order valence-corrected chi connectivity index (χ2v) is 5.69. The van der Waals surface area contributed by atoms with Gasteiger partial charge < -0.3 is 10.1 Å². The predicted octanol–water partition coefficient (Wildman–Crippen LogP) is 4.10. The van der Waals surface area contributed by atoms with Crippen LogP contribution < -0.4 is 5.32 Å². The molecule has 130 valence electrons. The van der Waals surface area contributed by atoms with Crippen molar-refractivity contribution in [2.45, 2.75) is 6.92 Å². The van der Waals surface area contributed by atoms with Gasteiger partial charge in [0.1, 0.15) is 0 Å². The molecule has 1 heterocycles. The average molecular weight is 346 g/mol. The number of pyridine rings is 1. The summed E-state index contributed by atoms with van der Waals surface area (Å²) in [6.07, 6.45) is 0. The molecule has 0 atom stereocenters. The number of aryl methyl sites for hydroxylation is 1. The fraction of sp³-hybridized carbons (Fsp3) is 0.0952. The molecule has 2 aromatic carbocycles. The van der Waals surface area contributed by atoms with Crippen molar-refractivity contribution < 1.29 is 14.3 Å². The van der Waals surface area contributed by atoms with Crippen LogP contribution in [0.25, 0.3) is 11.3 Å². The number of hydrogen-bond donors (Lipinski definition) is 1. The van der Waals surface area contributed by atoms with Gasteiger partial charge in [0.05, 0.1) is 35.3 Å². The van der Waals surface area contributed by atoms with E-state index in [0.29, 0.717) is 22.5 Å². The largest absolute Gasteiger partial charge is 0.465 e. The molecule has 5 nitrogen and oxygen atoms in total. The first kappa shape index (κ1) is 17.4. The van der Waals surface area contributed by atoms with Gasteiger partial charge in [0.15, 0.2) is 0 Å². The van der Waals surface area contributed by atoms with Crippen LogP contribution in [-0.2, 0) is 4.74 Å². The zero-order valence-electron chi connectivity index (χ0n) is 14.5. The third-order valence-corrected chi connectivity index (χ3v) is 3.98. The Bertz CT molecular complexity index is 952.